The normalized spacial score (nSPS) is 28.5. The van der Waals surface area contributed by atoms with Gasteiger partial charge in [-0.25, -0.2) is 14.8 Å². The summed E-state index contributed by atoms with van der Waals surface area (Å²) in [6.45, 7) is 4.52. The summed E-state index contributed by atoms with van der Waals surface area (Å²) in [4.78, 5) is 30.3. The maximum absolute atomic E-state index is 12.2. The summed E-state index contributed by atoms with van der Waals surface area (Å²) in [5.74, 6) is 0.461. The van der Waals surface area contributed by atoms with E-state index in [0.717, 1.165) is 25.7 Å². The SMILES string of the molecule is CC(C)(C)COC(=O)OCOP(=O)(O)COC[C@H]1O[C@@H](n2cnc3c2NC(Cl)=NC3NC2CCCC2)[C@H](O)[C@@H]1O. The standard InChI is InChI=1S/C23H37ClN5O10P/c1-23(2,3)9-36-22(32)37-11-38-40(33,34)12-35-8-14-16(30)17(31)20(39-14)29-10-25-15-18(26-13-6-4-5-7-13)27-21(24)28-19(15)29/h10,13-14,16-18,20,26,30-31H,4-9,11-12H2,1-3H3,(H,27,28)(H,33,34)/t14-,16-,17-,18?,20-/m1/s1. The van der Waals surface area contributed by atoms with Gasteiger partial charge in [0.1, 0.15) is 42.3 Å². The number of nitrogens with one attached hydrogen (secondary N) is 2. The van der Waals surface area contributed by atoms with Gasteiger partial charge in [0.25, 0.3) is 0 Å². The van der Waals surface area contributed by atoms with Gasteiger partial charge in [-0.15, -0.1) is 0 Å². The Morgan fingerprint density at radius 3 is 2.70 bits per heavy atom. The van der Waals surface area contributed by atoms with Crippen molar-refractivity contribution in [3.05, 3.63) is 12.0 Å². The minimum Gasteiger partial charge on any atom is -0.434 e. The Kier molecular flexibility index (Phi) is 10.1. The number of aliphatic hydroxyl groups is 2. The summed E-state index contributed by atoms with van der Waals surface area (Å²) in [5, 5.41) is 27.8. The summed E-state index contributed by atoms with van der Waals surface area (Å²) in [7, 11) is -4.31. The number of aromatic nitrogens is 2. The van der Waals surface area contributed by atoms with Gasteiger partial charge in [0, 0.05) is 6.04 Å². The topological polar surface area (TPSA) is 195 Å². The van der Waals surface area contributed by atoms with Crippen LogP contribution in [-0.2, 0) is 28.0 Å². The Morgan fingerprint density at radius 2 is 2.00 bits per heavy atom. The molecule has 226 valence electrons. The van der Waals surface area contributed by atoms with Crippen LogP contribution in [0.25, 0.3) is 0 Å². The first-order chi connectivity index (χ1) is 18.8. The molecular formula is C23H37ClN5O10P. The number of aliphatic imine (C=N–C) groups is 1. The molecule has 3 aliphatic rings. The summed E-state index contributed by atoms with van der Waals surface area (Å²) in [5.41, 5.74) is 0.299. The fourth-order valence-electron chi connectivity index (χ4n) is 4.53. The Hall–Kier alpha value is -1.81. The van der Waals surface area contributed by atoms with E-state index in [4.69, 9.17) is 30.3 Å². The van der Waals surface area contributed by atoms with Crippen LogP contribution in [0.5, 0.6) is 0 Å². The third-order valence-electron chi connectivity index (χ3n) is 6.50. The monoisotopic (exact) mass is 609 g/mol. The van der Waals surface area contributed by atoms with E-state index in [1.165, 1.54) is 10.9 Å². The molecule has 0 radical (unpaired) electrons. The van der Waals surface area contributed by atoms with Crippen molar-refractivity contribution >= 4 is 36.5 Å². The minimum atomic E-state index is -4.31. The third kappa shape index (κ3) is 8.14. The van der Waals surface area contributed by atoms with E-state index in [1.54, 1.807) is 0 Å². The van der Waals surface area contributed by atoms with Crippen LogP contribution in [0, 0.1) is 5.41 Å². The van der Waals surface area contributed by atoms with Crippen LogP contribution in [0.2, 0.25) is 0 Å². The summed E-state index contributed by atoms with van der Waals surface area (Å²) in [6, 6.07) is 0.298. The lowest BCUT2D eigenvalue weighted by Crippen LogP contribution is -2.35. The highest BCUT2D eigenvalue weighted by atomic mass is 35.5. The van der Waals surface area contributed by atoms with E-state index in [2.05, 4.69) is 25.3 Å². The molecule has 0 amide bonds. The molecule has 5 N–H and O–H groups in total. The van der Waals surface area contributed by atoms with E-state index in [1.807, 2.05) is 20.8 Å². The molecule has 40 heavy (non-hydrogen) atoms. The van der Waals surface area contributed by atoms with Crippen molar-refractivity contribution in [1.82, 2.24) is 14.9 Å². The van der Waals surface area contributed by atoms with Crippen molar-refractivity contribution in [1.29, 1.82) is 0 Å². The van der Waals surface area contributed by atoms with Crippen molar-refractivity contribution in [2.75, 3.05) is 31.7 Å². The Morgan fingerprint density at radius 1 is 1.27 bits per heavy atom. The molecule has 1 saturated carbocycles. The number of carbonyl (C=O) groups excluding carboxylic acids is 1. The first kappa shape index (κ1) is 31.1. The van der Waals surface area contributed by atoms with Crippen LogP contribution < -0.4 is 10.6 Å². The molecule has 17 heteroatoms. The fourth-order valence-corrected chi connectivity index (χ4v) is 5.34. The van der Waals surface area contributed by atoms with Gasteiger partial charge in [-0.1, -0.05) is 33.6 Å². The lowest BCUT2D eigenvalue weighted by atomic mass is 9.99. The van der Waals surface area contributed by atoms with E-state index >= 15 is 0 Å². The number of hydrogen-bond donors (Lipinski definition) is 5. The molecular weight excluding hydrogens is 573 g/mol. The first-order valence-electron chi connectivity index (χ1n) is 13.0. The smallest absolute Gasteiger partial charge is 0.434 e. The zero-order chi connectivity index (χ0) is 29.1. The van der Waals surface area contributed by atoms with Crippen molar-refractivity contribution in [2.45, 2.75) is 83.2 Å². The summed E-state index contributed by atoms with van der Waals surface area (Å²) >= 11 is 6.24. The zero-order valence-electron chi connectivity index (χ0n) is 22.6. The second-order valence-corrected chi connectivity index (χ2v) is 13.3. The maximum atomic E-state index is 12.2. The number of hydrogen-bond acceptors (Lipinski definition) is 13. The highest BCUT2D eigenvalue weighted by molar-refractivity contribution is 7.52. The number of rotatable bonds is 11. The van der Waals surface area contributed by atoms with Crippen molar-refractivity contribution < 1.29 is 47.9 Å². The molecule has 0 spiro atoms. The number of fused-ring (bicyclic) bond motifs is 1. The quantitative estimate of drug-likeness (QED) is 0.106. The summed E-state index contributed by atoms with van der Waals surface area (Å²) < 4.78 is 39.0. The van der Waals surface area contributed by atoms with Gasteiger partial charge < -0.3 is 39.4 Å². The Labute approximate surface area is 236 Å². The molecule has 2 fully saturated rings. The van der Waals surface area contributed by atoms with Gasteiger partial charge in [-0.3, -0.25) is 19.0 Å². The first-order valence-corrected chi connectivity index (χ1v) is 15.2. The number of amidine groups is 1. The van der Waals surface area contributed by atoms with Gasteiger partial charge in [0.05, 0.1) is 19.5 Å². The summed E-state index contributed by atoms with van der Waals surface area (Å²) in [6.07, 6.45) is -1.30. The highest BCUT2D eigenvalue weighted by Gasteiger charge is 2.45. The van der Waals surface area contributed by atoms with E-state index in [9.17, 15) is 24.5 Å². The number of ether oxygens (including phenoxy) is 4. The number of halogens is 1. The van der Waals surface area contributed by atoms with Crippen LogP contribution in [0.15, 0.2) is 11.3 Å². The van der Waals surface area contributed by atoms with E-state index < -0.39 is 57.6 Å². The van der Waals surface area contributed by atoms with Crippen LogP contribution in [0.3, 0.4) is 0 Å². The average Bonchev–Trinajstić information content (AvgIpc) is 3.59. The fraction of sp³-hybridized carbons (Fsp3) is 0.783. The molecule has 1 aromatic rings. The van der Waals surface area contributed by atoms with Gasteiger partial charge in [0.15, 0.2) is 11.5 Å². The maximum Gasteiger partial charge on any atom is 0.510 e. The van der Waals surface area contributed by atoms with Crippen LogP contribution in [0.1, 0.15) is 64.5 Å². The van der Waals surface area contributed by atoms with Crippen molar-refractivity contribution in [2.24, 2.45) is 10.4 Å². The van der Waals surface area contributed by atoms with Crippen molar-refractivity contribution in [3.63, 3.8) is 0 Å². The van der Waals surface area contributed by atoms with Crippen LogP contribution in [0.4, 0.5) is 10.6 Å². The van der Waals surface area contributed by atoms with Crippen molar-refractivity contribution in [3.8, 4) is 0 Å². The predicted octanol–water partition coefficient (Wildman–Crippen LogP) is 2.39. The lowest BCUT2D eigenvalue weighted by molar-refractivity contribution is -0.0631. The average molecular weight is 610 g/mol. The molecule has 3 heterocycles. The minimum absolute atomic E-state index is 0.0960. The highest BCUT2D eigenvalue weighted by Crippen LogP contribution is 2.42. The van der Waals surface area contributed by atoms with E-state index in [0.29, 0.717) is 17.6 Å². The number of nitrogens with zero attached hydrogens (tertiary/aromatic N) is 3. The largest absolute Gasteiger partial charge is 0.510 e. The van der Waals surface area contributed by atoms with Gasteiger partial charge in [-0.05, 0) is 29.9 Å². The second kappa shape index (κ2) is 13.0. The molecule has 0 aromatic carbocycles. The predicted molar refractivity (Wildman–Crippen MR) is 142 cm³/mol. The van der Waals surface area contributed by atoms with Crippen LogP contribution >= 0.6 is 19.2 Å². The number of anilines is 1. The van der Waals surface area contributed by atoms with Gasteiger partial charge in [-0.2, -0.15) is 0 Å². The Balaban J connectivity index is 1.27. The molecule has 4 rings (SSSR count). The second-order valence-electron chi connectivity index (χ2n) is 11.2. The molecule has 0 bridgehead atoms. The van der Waals surface area contributed by atoms with Gasteiger partial charge >= 0.3 is 13.8 Å². The lowest BCUT2D eigenvalue weighted by Gasteiger charge is -2.26. The molecule has 1 aromatic heterocycles. The van der Waals surface area contributed by atoms with E-state index in [-0.39, 0.29) is 23.9 Å². The number of carbonyl (C=O) groups is 1. The molecule has 2 aliphatic heterocycles. The molecule has 1 saturated heterocycles. The molecule has 15 nitrogen and oxygen atoms in total. The van der Waals surface area contributed by atoms with Gasteiger partial charge in [0.2, 0.25) is 6.79 Å². The zero-order valence-corrected chi connectivity index (χ0v) is 24.2. The Bertz CT molecular complexity index is 1110. The third-order valence-corrected chi connectivity index (χ3v) is 7.71. The molecule has 6 atom stereocenters. The number of imidazole rings is 1. The number of aliphatic hydroxyl groups excluding tert-OH is 2. The van der Waals surface area contributed by atoms with Crippen LogP contribution in [-0.4, -0.2) is 86.8 Å². The molecule has 2 unspecified atom stereocenters. The molecule has 1 aliphatic carbocycles.